The van der Waals surface area contributed by atoms with Gasteiger partial charge < -0.3 is 4.74 Å². The van der Waals surface area contributed by atoms with E-state index < -0.39 is 5.41 Å². The van der Waals surface area contributed by atoms with Gasteiger partial charge in [0, 0.05) is 11.3 Å². The molecular formula is C13H17NO2S. The van der Waals surface area contributed by atoms with Crippen LogP contribution < -0.4 is 0 Å². The predicted molar refractivity (Wildman–Crippen MR) is 67.7 cm³/mol. The highest BCUT2D eigenvalue weighted by molar-refractivity contribution is 7.10. The van der Waals surface area contributed by atoms with Crippen LogP contribution in [0.15, 0.2) is 17.5 Å². The lowest BCUT2D eigenvalue weighted by molar-refractivity contribution is -0.141. The molecule has 0 fully saturated rings. The summed E-state index contributed by atoms with van der Waals surface area (Å²) in [7, 11) is 1.37. The second-order valence-electron chi connectivity index (χ2n) is 4.29. The van der Waals surface area contributed by atoms with E-state index in [2.05, 4.69) is 10.8 Å². The summed E-state index contributed by atoms with van der Waals surface area (Å²) < 4.78 is 4.64. The first-order chi connectivity index (χ1) is 8.06. The van der Waals surface area contributed by atoms with Gasteiger partial charge >= 0.3 is 5.97 Å². The van der Waals surface area contributed by atoms with Gasteiger partial charge in [0.15, 0.2) is 0 Å². The van der Waals surface area contributed by atoms with Gasteiger partial charge in [-0.15, -0.1) is 11.3 Å². The first kappa shape index (κ1) is 13.7. The number of thiophene rings is 1. The summed E-state index contributed by atoms with van der Waals surface area (Å²) in [5.41, 5.74) is -0.581. The van der Waals surface area contributed by atoms with E-state index >= 15 is 0 Å². The van der Waals surface area contributed by atoms with Crippen molar-refractivity contribution >= 4 is 17.3 Å². The molecule has 4 heteroatoms. The van der Waals surface area contributed by atoms with Crippen LogP contribution in [0.1, 0.15) is 31.6 Å². The largest absolute Gasteiger partial charge is 0.469 e. The van der Waals surface area contributed by atoms with Crippen LogP contribution in [0.2, 0.25) is 0 Å². The Morgan fingerprint density at radius 2 is 2.35 bits per heavy atom. The maximum Gasteiger partial charge on any atom is 0.305 e. The summed E-state index contributed by atoms with van der Waals surface area (Å²) in [5.74, 6) is -0.0994. The smallest absolute Gasteiger partial charge is 0.305 e. The van der Waals surface area contributed by atoms with Crippen LogP contribution in [0.4, 0.5) is 0 Å². The quantitative estimate of drug-likeness (QED) is 0.755. The molecule has 0 N–H and O–H groups in total. The zero-order valence-corrected chi connectivity index (χ0v) is 11.2. The standard InChI is InChI=1S/C13H17NO2S/c1-10(2)13(9-14,7-6-12(15)16-3)11-5-4-8-17-11/h4-5,8,10H,6-7H2,1-3H3. The van der Waals surface area contributed by atoms with Gasteiger partial charge in [-0.25, -0.2) is 0 Å². The molecule has 0 aliphatic carbocycles. The lowest BCUT2D eigenvalue weighted by Gasteiger charge is -2.29. The van der Waals surface area contributed by atoms with Crippen LogP contribution >= 0.6 is 11.3 Å². The van der Waals surface area contributed by atoms with Gasteiger partial charge in [0.05, 0.1) is 18.6 Å². The van der Waals surface area contributed by atoms with Crippen LogP contribution in [0.25, 0.3) is 0 Å². The molecule has 1 atom stereocenters. The third kappa shape index (κ3) is 2.86. The van der Waals surface area contributed by atoms with Gasteiger partial charge in [0.2, 0.25) is 0 Å². The molecule has 1 aromatic heterocycles. The van der Waals surface area contributed by atoms with Gasteiger partial charge in [0.1, 0.15) is 0 Å². The molecule has 1 unspecified atom stereocenters. The summed E-state index contributed by atoms with van der Waals surface area (Å²) in [4.78, 5) is 12.3. The summed E-state index contributed by atoms with van der Waals surface area (Å²) in [6.45, 7) is 4.03. The normalized spacial score (nSPS) is 14.1. The number of methoxy groups -OCH3 is 1. The van der Waals surface area contributed by atoms with Crippen LogP contribution in [-0.2, 0) is 14.9 Å². The summed E-state index contributed by atoms with van der Waals surface area (Å²) in [6, 6.07) is 6.30. The first-order valence-electron chi connectivity index (χ1n) is 5.59. The highest BCUT2D eigenvalue weighted by atomic mass is 32.1. The van der Waals surface area contributed by atoms with Crippen molar-refractivity contribution < 1.29 is 9.53 Å². The SMILES string of the molecule is COC(=O)CCC(C#N)(c1cccs1)C(C)C. The Bertz CT molecular complexity index is 406. The Balaban J connectivity index is 2.95. The van der Waals surface area contributed by atoms with Crippen molar-refractivity contribution in [1.29, 1.82) is 5.26 Å². The molecule has 17 heavy (non-hydrogen) atoms. The minimum atomic E-state index is -0.581. The Hall–Kier alpha value is -1.34. The molecule has 1 rings (SSSR count). The molecule has 0 saturated carbocycles. The van der Waals surface area contributed by atoms with Gasteiger partial charge in [-0.2, -0.15) is 5.26 Å². The minimum Gasteiger partial charge on any atom is -0.469 e. The molecule has 0 spiro atoms. The number of carbonyl (C=O) groups is 1. The summed E-state index contributed by atoms with van der Waals surface area (Å²) in [5, 5.41) is 11.5. The predicted octanol–water partition coefficient (Wildman–Crippen LogP) is 3.12. The molecule has 1 aromatic rings. The van der Waals surface area contributed by atoms with Gasteiger partial charge in [-0.3, -0.25) is 4.79 Å². The summed E-state index contributed by atoms with van der Waals surface area (Å²) >= 11 is 1.57. The van der Waals surface area contributed by atoms with Gasteiger partial charge in [0.25, 0.3) is 0 Å². The number of carbonyl (C=O) groups excluding carboxylic acids is 1. The zero-order valence-electron chi connectivity index (χ0n) is 10.4. The Morgan fingerprint density at radius 3 is 2.76 bits per heavy atom. The Morgan fingerprint density at radius 1 is 1.65 bits per heavy atom. The second kappa shape index (κ2) is 5.83. The van der Waals surface area contributed by atoms with E-state index in [-0.39, 0.29) is 18.3 Å². The van der Waals surface area contributed by atoms with Crippen LogP contribution in [0.3, 0.4) is 0 Å². The molecular weight excluding hydrogens is 234 g/mol. The fourth-order valence-electron chi connectivity index (χ4n) is 1.87. The highest BCUT2D eigenvalue weighted by Crippen LogP contribution is 2.38. The zero-order chi connectivity index (χ0) is 12.9. The molecule has 0 aliphatic heterocycles. The van der Waals surface area contributed by atoms with E-state index in [0.717, 1.165) is 4.88 Å². The number of esters is 1. The van der Waals surface area contributed by atoms with Crippen molar-refractivity contribution in [3.8, 4) is 6.07 Å². The Labute approximate surface area is 106 Å². The second-order valence-corrected chi connectivity index (χ2v) is 5.24. The van der Waals surface area contributed by atoms with E-state index in [9.17, 15) is 10.1 Å². The van der Waals surface area contributed by atoms with E-state index in [1.165, 1.54) is 7.11 Å². The van der Waals surface area contributed by atoms with Crippen molar-refractivity contribution in [3.63, 3.8) is 0 Å². The van der Waals surface area contributed by atoms with Crippen LogP contribution in [-0.4, -0.2) is 13.1 Å². The van der Waals surface area contributed by atoms with Crippen molar-refractivity contribution in [1.82, 2.24) is 0 Å². The third-order valence-corrected chi connectivity index (χ3v) is 4.14. The molecule has 0 aliphatic rings. The van der Waals surface area contributed by atoms with E-state index in [1.807, 2.05) is 31.4 Å². The summed E-state index contributed by atoms with van der Waals surface area (Å²) in [6.07, 6.45) is 0.786. The molecule has 0 radical (unpaired) electrons. The minimum absolute atomic E-state index is 0.163. The third-order valence-electron chi connectivity index (χ3n) is 3.10. The lowest BCUT2D eigenvalue weighted by Crippen LogP contribution is -2.30. The van der Waals surface area contributed by atoms with E-state index in [4.69, 9.17) is 0 Å². The van der Waals surface area contributed by atoms with E-state index in [1.54, 1.807) is 11.3 Å². The van der Waals surface area contributed by atoms with Crippen LogP contribution in [0, 0.1) is 17.2 Å². The molecule has 1 heterocycles. The van der Waals surface area contributed by atoms with Gasteiger partial charge in [-0.1, -0.05) is 19.9 Å². The number of hydrogen-bond acceptors (Lipinski definition) is 4. The number of ether oxygens (including phenoxy) is 1. The van der Waals surface area contributed by atoms with Crippen molar-refractivity contribution in [2.45, 2.75) is 32.1 Å². The fourth-order valence-corrected chi connectivity index (χ4v) is 2.92. The monoisotopic (exact) mass is 251 g/mol. The van der Waals surface area contributed by atoms with Gasteiger partial charge in [-0.05, 0) is 23.8 Å². The molecule has 0 bridgehead atoms. The average Bonchev–Trinajstić information content (AvgIpc) is 2.84. The maximum absolute atomic E-state index is 11.2. The molecule has 0 aromatic carbocycles. The van der Waals surface area contributed by atoms with Crippen molar-refractivity contribution in [3.05, 3.63) is 22.4 Å². The van der Waals surface area contributed by atoms with Crippen molar-refractivity contribution in [2.24, 2.45) is 5.92 Å². The number of nitrogens with zero attached hydrogens (tertiary/aromatic N) is 1. The number of rotatable bonds is 5. The van der Waals surface area contributed by atoms with E-state index in [0.29, 0.717) is 6.42 Å². The maximum atomic E-state index is 11.2. The number of hydrogen-bond donors (Lipinski definition) is 0. The molecule has 0 amide bonds. The highest BCUT2D eigenvalue weighted by Gasteiger charge is 2.37. The molecule has 3 nitrogen and oxygen atoms in total. The lowest BCUT2D eigenvalue weighted by atomic mass is 9.74. The Kier molecular flexibility index (Phi) is 4.71. The first-order valence-corrected chi connectivity index (χ1v) is 6.47. The molecule has 92 valence electrons. The van der Waals surface area contributed by atoms with Crippen LogP contribution in [0.5, 0.6) is 0 Å². The number of nitriles is 1. The molecule has 0 saturated heterocycles. The topological polar surface area (TPSA) is 50.1 Å². The average molecular weight is 251 g/mol. The van der Waals surface area contributed by atoms with Crippen molar-refractivity contribution in [2.75, 3.05) is 7.11 Å². The fraction of sp³-hybridized carbons (Fsp3) is 0.538.